The summed E-state index contributed by atoms with van der Waals surface area (Å²) in [5, 5.41) is 4.24. The highest BCUT2D eigenvalue weighted by atomic mass is 32.2. The van der Waals surface area contributed by atoms with Crippen LogP contribution in [0.25, 0.3) is 5.69 Å². The predicted molar refractivity (Wildman–Crippen MR) is 88.1 cm³/mol. The molecule has 0 aliphatic rings. The Balaban J connectivity index is 1.88. The number of pyridine rings is 1. The smallest absolute Gasteiger partial charge is 0.263 e. The number of nitrogens with one attached hydrogen (secondary N) is 1. The molecule has 118 valence electrons. The van der Waals surface area contributed by atoms with Gasteiger partial charge >= 0.3 is 0 Å². The van der Waals surface area contributed by atoms with Gasteiger partial charge in [-0.15, -0.1) is 5.10 Å². The molecular formula is C16H16N4O2S. The molecule has 23 heavy (non-hydrogen) atoms. The van der Waals surface area contributed by atoms with Gasteiger partial charge in [-0.1, -0.05) is 17.7 Å². The topological polar surface area (TPSA) is 76.9 Å². The fourth-order valence-corrected chi connectivity index (χ4v) is 3.54. The third-order valence-corrected chi connectivity index (χ3v) is 4.89. The Hall–Kier alpha value is -2.67. The van der Waals surface area contributed by atoms with Crippen molar-refractivity contribution < 1.29 is 8.42 Å². The Labute approximate surface area is 134 Å². The molecule has 0 spiro atoms. The van der Waals surface area contributed by atoms with Crippen LogP contribution in [0.3, 0.4) is 0 Å². The Bertz CT molecular complexity index is 934. The normalized spacial score (nSPS) is 11.4. The minimum atomic E-state index is -3.67. The number of hydrogen-bond donors (Lipinski definition) is 1. The van der Waals surface area contributed by atoms with Gasteiger partial charge in [-0.3, -0.25) is 9.71 Å². The lowest BCUT2D eigenvalue weighted by Gasteiger charge is -2.09. The zero-order valence-corrected chi connectivity index (χ0v) is 13.6. The van der Waals surface area contributed by atoms with E-state index in [1.54, 1.807) is 60.5 Å². The predicted octanol–water partition coefficient (Wildman–Crippen LogP) is 2.68. The molecule has 7 heteroatoms. The highest BCUT2D eigenvalue weighted by molar-refractivity contribution is 7.92. The fourth-order valence-electron chi connectivity index (χ4n) is 2.31. The highest BCUT2D eigenvalue weighted by Crippen LogP contribution is 2.20. The maximum atomic E-state index is 12.5. The van der Waals surface area contributed by atoms with E-state index in [0.29, 0.717) is 5.56 Å². The summed E-state index contributed by atoms with van der Waals surface area (Å²) in [5.74, 6) is 0.266. The van der Waals surface area contributed by atoms with Gasteiger partial charge in [-0.2, -0.15) is 0 Å². The molecule has 0 bridgehead atoms. The number of rotatable bonds is 4. The number of hydrogen-bond acceptors (Lipinski definition) is 4. The number of aryl methyl sites for hydroxylation is 2. The zero-order chi connectivity index (χ0) is 16.4. The molecule has 0 saturated heterocycles. The quantitative estimate of drug-likeness (QED) is 0.799. The van der Waals surface area contributed by atoms with E-state index < -0.39 is 10.0 Å². The third kappa shape index (κ3) is 3.24. The summed E-state index contributed by atoms with van der Waals surface area (Å²) in [5.41, 5.74) is 2.52. The lowest BCUT2D eigenvalue weighted by molar-refractivity contribution is 0.600. The second-order valence-electron chi connectivity index (χ2n) is 5.23. The van der Waals surface area contributed by atoms with Gasteiger partial charge in [0.25, 0.3) is 10.0 Å². The van der Waals surface area contributed by atoms with Crippen LogP contribution < -0.4 is 4.72 Å². The molecule has 2 aromatic heterocycles. The summed E-state index contributed by atoms with van der Waals surface area (Å²) in [6.07, 6.45) is 4.99. The summed E-state index contributed by atoms with van der Waals surface area (Å²) >= 11 is 0. The van der Waals surface area contributed by atoms with Crippen LogP contribution >= 0.6 is 0 Å². The van der Waals surface area contributed by atoms with Crippen molar-refractivity contribution in [2.75, 3.05) is 4.72 Å². The Morgan fingerprint density at radius 3 is 2.48 bits per heavy atom. The molecule has 1 aromatic carbocycles. The van der Waals surface area contributed by atoms with Crippen LogP contribution in [-0.2, 0) is 10.0 Å². The summed E-state index contributed by atoms with van der Waals surface area (Å²) < 4.78 is 29.1. The van der Waals surface area contributed by atoms with E-state index >= 15 is 0 Å². The van der Waals surface area contributed by atoms with Crippen molar-refractivity contribution in [1.82, 2.24) is 14.8 Å². The number of aromatic nitrogens is 3. The van der Waals surface area contributed by atoms with Crippen molar-refractivity contribution in [3.05, 3.63) is 66.1 Å². The molecule has 0 aliphatic carbocycles. The second kappa shape index (κ2) is 5.85. The van der Waals surface area contributed by atoms with Gasteiger partial charge in [0.1, 0.15) is 0 Å². The SMILES string of the molecule is Cc1ccc(S(=O)(=O)Nc2ccn(-c3ccncc3)n2)c(C)c1. The first kappa shape index (κ1) is 15.2. The molecule has 0 unspecified atom stereocenters. The molecule has 0 amide bonds. The van der Waals surface area contributed by atoms with Crippen molar-refractivity contribution in [3.63, 3.8) is 0 Å². The molecule has 2 heterocycles. The van der Waals surface area contributed by atoms with Crippen molar-refractivity contribution in [3.8, 4) is 5.69 Å². The molecule has 1 N–H and O–H groups in total. The summed E-state index contributed by atoms with van der Waals surface area (Å²) in [7, 11) is -3.67. The Morgan fingerprint density at radius 1 is 1.04 bits per heavy atom. The van der Waals surface area contributed by atoms with E-state index in [-0.39, 0.29) is 10.7 Å². The molecule has 3 rings (SSSR count). The van der Waals surface area contributed by atoms with E-state index in [1.165, 1.54) is 0 Å². The van der Waals surface area contributed by atoms with Crippen LogP contribution in [0.1, 0.15) is 11.1 Å². The van der Waals surface area contributed by atoms with E-state index in [0.717, 1.165) is 11.3 Å². The van der Waals surface area contributed by atoms with Gasteiger partial charge in [0.2, 0.25) is 0 Å². The summed E-state index contributed by atoms with van der Waals surface area (Å²) in [6.45, 7) is 3.70. The van der Waals surface area contributed by atoms with Crippen molar-refractivity contribution in [2.24, 2.45) is 0 Å². The third-order valence-electron chi connectivity index (χ3n) is 3.38. The molecule has 6 nitrogen and oxygen atoms in total. The monoisotopic (exact) mass is 328 g/mol. The van der Waals surface area contributed by atoms with Crippen LogP contribution in [0, 0.1) is 13.8 Å². The van der Waals surface area contributed by atoms with E-state index in [9.17, 15) is 8.42 Å². The van der Waals surface area contributed by atoms with Gasteiger partial charge in [0, 0.05) is 24.7 Å². The first-order chi connectivity index (χ1) is 11.0. The molecule has 0 aliphatic heterocycles. The van der Waals surface area contributed by atoms with Gasteiger partial charge in [-0.25, -0.2) is 13.1 Å². The minimum Gasteiger partial charge on any atom is -0.265 e. The van der Waals surface area contributed by atoms with Crippen LogP contribution in [0.2, 0.25) is 0 Å². The standard InChI is InChI=1S/C16H16N4O2S/c1-12-3-4-15(13(2)11-12)23(21,22)19-16-7-10-20(18-16)14-5-8-17-9-6-14/h3-11H,1-2H3,(H,18,19). The van der Waals surface area contributed by atoms with Crippen molar-refractivity contribution in [1.29, 1.82) is 0 Å². The number of sulfonamides is 1. The Morgan fingerprint density at radius 2 is 1.78 bits per heavy atom. The molecule has 0 fully saturated rings. The first-order valence-corrected chi connectivity index (χ1v) is 8.50. The maximum Gasteiger partial charge on any atom is 0.263 e. The largest absolute Gasteiger partial charge is 0.265 e. The van der Waals surface area contributed by atoms with Gasteiger partial charge in [0.05, 0.1) is 10.6 Å². The minimum absolute atomic E-state index is 0.251. The zero-order valence-electron chi connectivity index (χ0n) is 12.8. The highest BCUT2D eigenvalue weighted by Gasteiger charge is 2.18. The lowest BCUT2D eigenvalue weighted by Crippen LogP contribution is -2.15. The fraction of sp³-hybridized carbons (Fsp3) is 0.125. The van der Waals surface area contributed by atoms with Gasteiger partial charge < -0.3 is 0 Å². The van der Waals surface area contributed by atoms with E-state index in [4.69, 9.17) is 0 Å². The molecule has 0 saturated carbocycles. The van der Waals surface area contributed by atoms with Crippen LogP contribution in [0.15, 0.2) is 59.9 Å². The van der Waals surface area contributed by atoms with Crippen LogP contribution in [0.5, 0.6) is 0 Å². The summed E-state index contributed by atoms with van der Waals surface area (Å²) in [6, 6.07) is 10.4. The van der Waals surface area contributed by atoms with Crippen LogP contribution in [-0.4, -0.2) is 23.2 Å². The van der Waals surface area contributed by atoms with E-state index in [2.05, 4.69) is 14.8 Å². The average Bonchev–Trinajstić information content (AvgIpc) is 2.95. The van der Waals surface area contributed by atoms with E-state index in [1.807, 2.05) is 13.0 Å². The number of anilines is 1. The first-order valence-electron chi connectivity index (χ1n) is 7.02. The van der Waals surface area contributed by atoms with Crippen LogP contribution in [0.4, 0.5) is 5.82 Å². The number of nitrogens with zero attached hydrogens (tertiary/aromatic N) is 3. The number of benzene rings is 1. The summed E-state index contributed by atoms with van der Waals surface area (Å²) in [4.78, 5) is 4.19. The molecular weight excluding hydrogens is 312 g/mol. The average molecular weight is 328 g/mol. The molecule has 0 atom stereocenters. The lowest BCUT2D eigenvalue weighted by atomic mass is 10.2. The maximum absolute atomic E-state index is 12.5. The van der Waals surface area contributed by atoms with Gasteiger partial charge in [0.15, 0.2) is 5.82 Å². The Kier molecular flexibility index (Phi) is 3.87. The van der Waals surface area contributed by atoms with Crippen molar-refractivity contribution in [2.45, 2.75) is 18.7 Å². The van der Waals surface area contributed by atoms with Gasteiger partial charge in [-0.05, 0) is 37.6 Å². The van der Waals surface area contributed by atoms with Crippen molar-refractivity contribution >= 4 is 15.8 Å². The molecule has 3 aromatic rings. The molecule has 0 radical (unpaired) electrons. The second-order valence-corrected chi connectivity index (χ2v) is 6.88.